The van der Waals surface area contributed by atoms with Crippen LogP contribution in [0.2, 0.25) is 0 Å². The summed E-state index contributed by atoms with van der Waals surface area (Å²) in [5.74, 6) is 1.09. The molecule has 2 aromatic carbocycles. The number of thioether (sulfide) groups is 1. The number of oxazole rings is 1. The minimum Gasteiger partial charge on any atom is -0.431 e. The summed E-state index contributed by atoms with van der Waals surface area (Å²) in [6.45, 7) is 0.381. The van der Waals surface area contributed by atoms with E-state index in [0.29, 0.717) is 30.4 Å². The maximum atomic E-state index is 11.7. The molecule has 2 amide bonds. The van der Waals surface area contributed by atoms with Crippen molar-refractivity contribution in [3.8, 4) is 22.6 Å². The maximum Gasteiger partial charge on any atom is 0.256 e. The molecule has 1 aliphatic heterocycles. The first kappa shape index (κ1) is 17.5. The first-order valence-corrected chi connectivity index (χ1v) is 9.78. The molecule has 3 aromatic rings. The van der Waals surface area contributed by atoms with Gasteiger partial charge in [-0.15, -0.1) is 0 Å². The van der Waals surface area contributed by atoms with E-state index in [1.54, 1.807) is 0 Å². The van der Waals surface area contributed by atoms with Crippen LogP contribution in [-0.4, -0.2) is 34.0 Å². The zero-order chi connectivity index (χ0) is 18.6. The fourth-order valence-corrected chi connectivity index (χ4v) is 3.78. The predicted octanol–water partition coefficient (Wildman–Crippen LogP) is 4.25. The van der Waals surface area contributed by atoms with Gasteiger partial charge in [-0.2, -0.15) is 0 Å². The van der Waals surface area contributed by atoms with Gasteiger partial charge in [-0.05, 0) is 0 Å². The molecule has 1 aliphatic rings. The van der Waals surface area contributed by atoms with Crippen LogP contribution >= 0.6 is 11.8 Å². The third-order valence-electron chi connectivity index (χ3n) is 4.39. The van der Waals surface area contributed by atoms with Crippen molar-refractivity contribution in [2.75, 3.05) is 12.3 Å². The van der Waals surface area contributed by atoms with Crippen LogP contribution in [0.3, 0.4) is 0 Å². The number of likely N-dealkylation sites (tertiary alicyclic amines) is 1. The normalized spacial score (nSPS) is 14.1. The number of carbonyl (C=O) groups is 2. The van der Waals surface area contributed by atoms with Gasteiger partial charge >= 0.3 is 0 Å². The quantitative estimate of drug-likeness (QED) is 0.474. The lowest BCUT2D eigenvalue weighted by Gasteiger charge is -2.11. The van der Waals surface area contributed by atoms with E-state index in [1.807, 2.05) is 60.7 Å². The van der Waals surface area contributed by atoms with Crippen LogP contribution in [0.5, 0.6) is 0 Å². The van der Waals surface area contributed by atoms with Gasteiger partial charge in [0.05, 0.1) is 0 Å². The lowest BCUT2D eigenvalue weighted by atomic mass is 10.1. The van der Waals surface area contributed by atoms with Crippen LogP contribution in [0.1, 0.15) is 12.8 Å². The largest absolute Gasteiger partial charge is 0.431 e. The Labute approximate surface area is 161 Å². The van der Waals surface area contributed by atoms with Crippen molar-refractivity contribution in [2.24, 2.45) is 0 Å². The van der Waals surface area contributed by atoms with Crippen LogP contribution in [0.4, 0.5) is 0 Å². The van der Waals surface area contributed by atoms with E-state index < -0.39 is 0 Å². The summed E-state index contributed by atoms with van der Waals surface area (Å²) in [7, 11) is 0. The van der Waals surface area contributed by atoms with Crippen LogP contribution in [0.25, 0.3) is 22.6 Å². The molecule has 0 saturated carbocycles. The van der Waals surface area contributed by atoms with Crippen molar-refractivity contribution in [3.05, 3.63) is 60.7 Å². The van der Waals surface area contributed by atoms with Gasteiger partial charge in [0.15, 0.2) is 5.76 Å². The molecule has 2 heterocycles. The molecule has 27 heavy (non-hydrogen) atoms. The van der Waals surface area contributed by atoms with Crippen LogP contribution in [-0.2, 0) is 9.59 Å². The first-order valence-electron chi connectivity index (χ1n) is 8.80. The Hall–Kier alpha value is -2.86. The van der Waals surface area contributed by atoms with Crippen molar-refractivity contribution < 1.29 is 14.0 Å². The molecule has 0 spiro atoms. The van der Waals surface area contributed by atoms with Crippen LogP contribution < -0.4 is 0 Å². The first-order chi connectivity index (χ1) is 13.2. The van der Waals surface area contributed by atoms with E-state index >= 15 is 0 Å². The van der Waals surface area contributed by atoms with E-state index in [0.717, 1.165) is 22.6 Å². The number of nitrogens with zero attached hydrogens (tertiary/aromatic N) is 2. The zero-order valence-corrected chi connectivity index (χ0v) is 15.4. The highest BCUT2D eigenvalue weighted by Gasteiger charge is 2.28. The Bertz CT molecular complexity index is 881. The molecule has 0 bridgehead atoms. The summed E-state index contributed by atoms with van der Waals surface area (Å²) in [5.41, 5.74) is 2.73. The van der Waals surface area contributed by atoms with Gasteiger partial charge in [-0.25, -0.2) is 4.98 Å². The fourth-order valence-electron chi connectivity index (χ4n) is 3.04. The Morgan fingerprint density at radius 3 is 2.11 bits per heavy atom. The minimum absolute atomic E-state index is 0.0945. The number of hydrogen-bond acceptors (Lipinski definition) is 5. The second kappa shape index (κ2) is 7.80. The highest BCUT2D eigenvalue weighted by Crippen LogP contribution is 2.35. The van der Waals surface area contributed by atoms with Gasteiger partial charge in [-0.1, -0.05) is 72.4 Å². The highest BCUT2D eigenvalue weighted by atomic mass is 32.2. The minimum atomic E-state index is -0.0945. The Kier molecular flexibility index (Phi) is 5.07. The molecule has 6 heteroatoms. The number of amides is 2. The molecule has 0 aliphatic carbocycles. The fraction of sp³-hybridized carbons (Fsp3) is 0.190. The average molecular weight is 378 g/mol. The summed E-state index contributed by atoms with van der Waals surface area (Å²) in [5, 5.41) is 0.534. The summed E-state index contributed by atoms with van der Waals surface area (Å²) in [6, 6.07) is 19.8. The molecule has 1 aromatic heterocycles. The maximum absolute atomic E-state index is 11.7. The van der Waals surface area contributed by atoms with Gasteiger partial charge in [0.25, 0.3) is 5.22 Å². The van der Waals surface area contributed by atoms with Crippen molar-refractivity contribution >= 4 is 23.6 Å². The SMILES string of the molecule is O=C1CCC(=O)N1CCSc1nc(-c2ccccc2)c(-c2ccccc2)o1. The number of rotatable bonds is 6. The van der Waals surface area contributed by atoms with E-state index in [9.17, 15) is 9.59 Å². The van der Waals surface area contributed by atoms with Gasteiger partial charge in [-0.3, -0.25) is 14.5 Å². The summed E-state index contributed by atoms with van der Waals surface area (Å²) in [6.07, 6.45) is 0.637. The monoisotopic (exact) mass is 378 g/mol. The van der Waals surface area contributed by atoms with Crippen LogP contribution in [0.15, 0.2) is 70.3 Å². The molecule has 0 radical (unpaired) electrons. The average Bonchev–Trinajstić information content (AvgIpc) is 3.28. The summed E-state index contributed by atoms with van der Waals surface area (Å²) in [4.78, 5) is 29.4. The third-order valence-corrected chi connectivity index (χ3v) is 5.19. The Morgan fingerprint density at radius 2 is 1.48 bits per heavy atom. The number of hydrogen-bond donors (Lipinski definition) is 0. The molecule has 4 rings (SSSR count). The molecule has 0 unspecified atom stereocenters. The molecular formula is C21H18N2O3S. The van der Waals surface area contributed by atoms with E-state index in [1.165, 1.54) is 16.7 Å². The van der Waals surface area contributed by atoms with Crippen LogP contribution in [0, 0.1) is 0 Å². The zero-order valence-electron chi connectivity index (χ0n) is 14.6. The standard InChI is InChI=1S/C21H18N2O3S/c24-17-11-12-18(25)23(17)13-14-27-21-22-19(15-7-3-1-4-8-15)20(26-21)16-9-5-2-6-10-16/h1-10H,11-14H2. The van der Waals surface area contributed by atoms with Gasteiger partial charge in [0, 0.05) is 36.3 Å². The third kappa shape index (κ3) is 3.80. The van der Waals surface area contributed by atoms with Crippen molar-refractivity contribution in [1.82, 2.24) is 9.88 Å². The molecular weight excluding hydrogens is 360 g/mol. The van der Waals surface area contributed by atoms with Gasteiger partial charge in [0.2, 0.25) is 11.8 Å². The summed E-state index contributed by atoms with van der Waals surface area (Å²) < 4.78 is 6.04. The van der Waals surface area contributed by atoms with Crippen molar-refractivity contribution in [2.45, 2.75) is 18.1 Å². The predicted molar refractivity (Wildman–Crippen MR) is 104 cm³/mol. The number of aromatic nitrogens is 1. The molecule has 1 saturated heterocycles. The Balaban J connectivity index is 1.56. The Morgan fingerprint density at radius 1 is 0.889 bits per heavy atom. The lowest BCUT2D eigenvalue weighted by molar-refractivity contribution is -0.137. The topological polar surface area (TPSA) is 63.4 Å². The van der Waals surface area contributed by atoms with Crippen molar-refractivity contribution in [1.29, 1.82) is 0 Å². The number of benzene rings is 2. The molecule has 0 atom stereocenters. The summed E-state index contributed by atoms with van der Waals surface area (Å²) >= 11 is 1.41. The van der Waals surface area contributed by atoms with Gasteiger partial charge in [0.1, 0.15) is 5.69 Å². The number of carbonyl (C=O) groups excluding carboxylic acids is 2. The smallest absolute Gasteiger partial charge is 0.256 e. The van der Waals surface area contributed by atoms with Gasteiger partial charge < -0.3 is 4.42 Å². The lowest BCUT2D eigenvalue weighted by Crippen LogP contribution is -2.31. The molecule has 136 valence electrons. The van der Waals surface area contributed by atoms with E-state index in [4.69, 9.17) is 4.42 Å². The van der Waals surface area contributed by atoms with Crippen molar-refractivity contribution in [3.63, 3.8) is 0 Å². The second-order valence-corrected chi connectivity index (χ2v) is 7.22. The molecule has 1 fully saturated rings. The highest BCUT2D eigenvalue weighted by molar-refractivity contribution is 7.99. The van der Waals surface area contributed by atoms with E-state index in [2.05, 4.69) is 4.98 Å². The number of imide groups is 1. The second-order valence-electron chi connectivity index (χ2n) is 6.18. The molecule has 0 N–H and O–H groups in total. The molecule has 5 nitrogen and oxygen atoms in total. The van der Waals surface area contributed by atoms with E-state index in [-0.39, 0.29) is 11.8 Å².